The maximum Gasteiger partial charge on any atom is 0.343 e. The number of aromatic nitrogens is 4. The number of fused-ring (bicyclic) bond motifs is 1. The van der Waals surface area contributed by atoms with Crippen molar-refractivity contribution < 1.29 is 9.53 Å². The Balaban J connectivity index is 2.10. The highest BCUT2D eigenvalue weighted by molar-refractivity contribution is 5.93. The lowest BCUT2D eigenvalue weighted by molar-refractivity contribution is 0.0526. The van der Waals surface area contributed by atoms with Crippen molar-refractivity contribution in [3.8, 4) is 17.2 Å². The van der Waals surface area contributed by atoms with Crippen LogP contribution in [0.3, 0.4) is 0 Å². The average Bonchev–Trinajstić information content (AvgIpc) is 3.10. The molecule has 2 heterocycles. The number of aryl methyl sites for hydroxylation is 1. The minimum Gasteiger partial charge on any atom is -0.462 e. The molecule has 0 amide bonds. The van der Waals surface area contributed by atoms with Crippen LogP contribution in [0.1, 0.15) is 17.3 Å². The van der Waals surface area contributed by atoms with Crippen molar-refractivity contribution in [1.29, 1.82) is 0 Å². The smallest absolute Gasteiger partial charge is 0.343 e. The molecular formula is C21H18N4O3. The van der Waals surface area contributed by atoms with Crippen LogP contribution < -0.4 is 5.56 Å². The number of rotatable bonds is 4. The molecule has 4 rings (SSSR count). The quantitative estimate of drug-likeness (QED) is 0.513. The third-order valence-electron chi connectivity index (χ3n) is 4.42. The summed E-state index contributed by atoms with van der Waals surface area (Å²) in [5.74, 6) is 0.212. The summed E-state index contributed by atoms with van der Waals surface area (Å²) in [4.78, 5) is 30.6. The number of carbonyl (C=O) groups is 1. The summed E-state index contributed by atoms with van der Waals surface area (Å²) in [5, 5.41) is 4.64. The first-order chi connectivity index (χ1) is 13.6. The predicted octanol–water partition coefficient (Wildman–Crippen LogP) is 2.96. The minimum absolute atomic E-state index is 0.209. The molecule has 7 heteroatoms. The minimum atomic E-state index is -0.537. The highest BCUT2D eigenvalue weighted by Gasteiger charge is 2.24. The Hall–Kier alpha value is -3.74. The molecule has 0 N–H and O–H groups in total. The van der Waals surface area contributed by atoms with Crippen molar-refractivity contribution >= 4 is 16.9 Å². The van der Waals surface area contributed by atoms with E-state index in [2.05, 4.69) is 5.10 Å². The van der Waals surface area contributed by atoms with E-state index in [1.807, 2.05) is 36.4 Å². The molecule has 0 aliphatic carbocycles. The van der Waals surface area contributed by atoms with Crippen molar-refractivity contribution in [2.75, 3.05) is 6.61 Å². The zero-order chi connectivity index (χ0) is 19.7. The Morgan fingerprint density at radius 2 is 1.79 bits per heavy atom. The first-order valence-corrected chi connectivity index (χ1v) is 8.88. The summed E-state index contributed by atoms with van der Waals surface area (Å²) in [6, 6.07) is 16.5. The molecule has 0 radical (unpaired) electrons. The van der Waals surface area contributed by atoms with E-state index in [0.717, 1.165) is 5.56 Å². The lowest BCUT2D eigenvalue weighted by Crippen LogP contribution is -2.26. The predicted molar refractivity (Wildman–Crippen MR) is 105 cm³/mol. The number of hydrogen-bond donors (Lipinski definition) is 0. The standard InChI is InChI=1S/C21H18N4O3/c1-3-28-21(27)16-13-22-24(2)19(16)25-18(14-9-5-4-6-10-14)23-17-12-8-7-11-15(17)20(25)26/h4-13H,3H2,1-2H3. The summed E-state index contributed by atoms with van der Waals surface area (Å²) in [6.45, 7) is 1.96. The Bertz CT molecular complexity index is 1230. The molecular weight excluding hydrogens is 356 g/mol. The van der Waals surface area contributed by atoms with E-state index in [1.165, 1.54) is 15.4 Å². The molecule has 140 valence electrons. The van der Waals surface area contributed by atoms with Gasteiger partial charge in [-0.3, -0.25) is 9.48 Å². The lowest BCUT2D eigenvalue weighted by Gasteiger charge is -2.15. The Morgan fingerprint density at radius 3 is 2.54 bits per heavy atom. The van der Waals surface area contributed by atoms with Crippen molar-refractivity contribution in [3.63, 3.8) is 0 Å². The topological polar surface area (TPSA) is 79.0 Å². The third kappa shape index (κ3) is 2.87. The fourth-order valence-electron chi connectivity index (χ4n) is 3.16. The number of esters is 1. The van der Waals surface area contributed by atoms with Gasteiger partial charge in [-0.1, -0.05) is 42.5 Å². The van der Waals surface area contributed by atoms with Gasteiger partial charge in [-0.05, 0) is 19.1 Å². The van der Waals surface area contributed by atoms with Gasteiger partial charge < -0.3 is 4.74 Å². The van der Waals surface area contributed by atoms with Crippen LogP contribution in [0.2, 0.25) is 0 Å². The highest BCUT2D eigenvalue weighted by atomic mass is 16.5. The van der Waals surface area contributed by atoms with Gasteiger partial charge in [0, 0.05) is 12.6 Å². The normalized spacial score (nSPS) is 10.9. The number of carbonyl (C=O) groups excluding carboxylic acids is 1. The van der Waals surface area contributed by atoms with Gasteiger partial charge in [0.1, 0.15) is 11.4 Å². The molecule has 28 heavy (non-hydrogen) atoms. The van der Waals surface area contributed by atoms with Gasteiger partial charge in [0.15, 0.2) is 5.82 Å². The molecule has 2 aromatic heterocycles. The number of para-hydroxylation sites is 1. The van der Waals surface area contributed by atoms with Crippen LogP contribution in [0.5, 0.6) is 0 Å². The van der Waals surface area contributed by atoms with Gasteiger partial charge in [-0.25, -0.2) is 14.3 Å². The molecule has 7 nitrogen and oxygen atoms in total. The third-order valence-corrected chi connectivity index (χ3v) is 4.42. The van der Waals surface area contributed by atoms with Gasteiger partial charge in [-0.15, -0.1) is 0 Å². The van der Waals surface area contributed by atoms with Crippen molar-refractivity contribution in [3.05, 3.63) is 76.7 Å². The van der Waals surface area contributed by atoms with E-state index in [9.17, 15) is 9.59 Å². The summed E-state index contributed by atoms with van der Waals surface area (Å²) >= 11 is 0. The summed E-state index contributed by atoms with van der Waals surface area (Å²) in [5.41, 5.74) is 1.27. The first-order valence-electron chi connectivity index (χ1n) is 8.88. The zero-order valence-electron chi connectivity index (χ0n) is 15.5. The fraction of sp³-hybridized carbons (Fsp3) is 0.143. The largest absolute Gasteiger partial charge is 0.462 e. The monoisotopic (exact) mass is 374 g/mol. The number of hydrogen-bond acceptors (Lipinski definition) is 5. The SMILES string of the molecule is CCOC(=O)c1cnn(C)c1-n1c(-c2ccccc2)nc2ccccc2c1=O. The summed E-state index contributed by atoms with van der Waals surface area (Å²) < 4.78 is 8.06. The van der Waals surface area contributed by atoms with Crippen LogP contribution in [-0.2, 0) is 11.8 Å². The van der Waals surface area contributed by atoms with Crippen LogP contribution in [0, 0.1) is 0 Å². The molecule has 0 aliphatic rings. The molecule has 2 aromatic carbocycles. The molecule has 0 aliphatic heterocycles. The van der Waals surface area contributed by atoms with Crippen LogP contribution in [-0.4, -0.2) is 31.9 Å². The molecule has 0 spiro atoms. The number of nitrogens with zero attached hydrogens (tertiary/aromatic N) is 4. The van der Waals surface area contributed by atoms with E-state index in [1.54, 1.807) is 32.2 Å². The molecule has 0 bridgehead atoms. The number of benzene rings is 2. The van der Waals surface area contributed by atoms with Gasteiger partial charge in [0.2, 0.25) is 0 Å². The maximum atomic E-state index is 13.4. The second-order valence-electron chi connectivity index (χ2n) is 6.19. The Labute approximate surface area is 160 Å². The lowest BCUT2D eigenvalue weighted by atomic mass is 10.1. The first kappa shape index (κ1) is 17.7. The van der Waals surface area contributed by atoms with Crippen molar-refractivity contribution in [2.24, 2.45) is 7.05 Å². The Morgan fingerprint density at radius 1 is 1.07 bits per heavy atom. The second-order valence-corrected chi connectivity index (χ2v) is 6.19. The Kier molecular flexibility index (Phi) is 4.49. The van der Waals surface area contributed by atoms with Gasteiger partial charge >= 0.3 is 5.97 Å². The molecule has 0 fully saturated rings. The summed E-state index contributed by atoms with van der Waals surface area (Å²) in [7, 11) is 1.68. The average molecular weight is 374 g/mol. The van der Waals surface area contributed by atoms with E-state index < -0.39 is 5.97 Å². The van der Waals surface area contributed by atoms with E-state index in [-0.39, 0.29) is 17.7 Å². The zero-order valence-corrected chi connectivity index (χ0v) is 15.5. The number of ether oxygens (including phenoxy) is 1. The van der Waals surface area contributed by atoms with Crippen molar-refractivity contribution in [2.45, 2.75) is 6.92 Å². The van der Waals surface area contributed by atoms with E-state index in [4.69, 9.17) is 9.72 Å². The van der Waals surface area contributed by atoms with Crippen LogP contribution in [0.25, 0.3) is 28.1 Å². The fourth-order valence-corrected chi connectivity index (χ4v) is 3.16. The summed E-state index contributed by atoms with van der Waals surface area (Å²) in [6.07, 6.45) is 1.41. The van der Waals surface area contributed by atoms with Gasteiger partial charge in [0.05, 0.1) is 23.7 Å². The molecule has 0 saturated heterocycles. The van der Waals surface area contributed by atoms with Crippen molar-refractivity contribution in [1.82, 2.24) is 19.3 Å². The van der Waals surface area contributed by atoms with E-state index in [0.29, 0.717) is 22.5 Å². The maximum absolute atomic E-state index is 13.4. The molecule has 0 atom stereocenters. The molecule has 0 unspecified atom stereocenters. The molecule has 4 aromatic rings. The van der Waals surface area contributed by atoms with Crippen LogP contribution >= 0.6 is 0 Å². The van der Waals surface area contributed by atoms with Gasteiger partial charge in [0.25, 0.3) is 5.56 Å². The van der Waals surface area contributed by atoms with Crippen LogP contribution in [0.15, 0.2) is 65.6 Å². The van der Waals surface area contributed by atoms with Crippen LogP contribution in [0.4, 0.5) is 0 Å². The molecule has 0 saturated carbocycles. The second kappa shape index (κ2) is 7.11. The highest BCUT2D eigenvalue weighted by Crippen LogP contribution is 2.24. The van der Waals surface area contributed by atoms with E-state index >= 15 is 0 Å². The van der Waals surface area contributed by atoms with Gasteiger partial charge in [-0.2, -0.15) is 5.10 Å².